The van der Waals surface area contributed by atoms with Crippen molar-refractivity contribution < 1.29 is 8.85 Å². The highest BCUT2D eigenvalue weighted by molar-refractivity contribution is 6.74. The summed E-state index contributed by atoms with van der Waals surface area (Å²) in [4.78, 5) is 0. The normalized spacial score (nSPS) is 34.0. The molecule has 39 heavy (non-hydrogen) atoms. The summed E-state index contributed by atoms with van der Waals surface area (Å²) in [6.45, 7) is 35.7. The smallest absolute Gasteiger partial charge is 0.192 e. The van der Waals surface area contributed by atoms with Crippen LogP contribution < -0.4 is 0 Å². The molecular weight excluding hydrogens is 509 g/mol. The van der Waals surface area contributed by atoms with Gasteiger partial charge in [-0.25, -0.2) is 0 Å². The standard InChI is InChI=1S/C35H64O2Si2/c1-15-25(2)29-20-21-30-28(17-16-22-35(29,30)10)19-18-27-23-31(36-38(11,12)33(4,5)6)26(3)32(24-27)37-39(13,14)34(7,8)9/h18-19,25,29-32H,3,15-17,20-24H2,1-2,4-14H3/b27-18?,28-19+/t25-,29?,30?,31-,32+,35+/m0/s1. The van der Waals surface area contributed by atoms with Gasteiger partial charge < -0.3 is 8.85 Å². The van der Waals surface area contributed by atoms with Crippen LogP contribution in [0.3, 0.4) is 0 Å². The van der Waals surface area contributed by atoms with Crippen LogP contribution >= 0.6 is 0 Å². The molecular formula is C35H64O2Si2. The molecule has 3 saturated carbocycles. The highest BCUT2D eigenvalue weighted by Crippen LogP contribution is 2.59. The summed E-state index contributed by atoms with van der Waals surface area (Å²) in [5, 5.41) is 0.348. The number of rotatable bonds is 7. The summed E-state index contributed by atoms with van der Waals surface area (Å²) in [5.74, 6) is 2.48. The van der Waals surface area contributed by atoms with E-state index in [0.29, 0.717) is 5.41 Å². The van der Waals surface area contributed by atoms with Crippen LogP contribution in [-0.4, -0.2) is 28.8 Å². The van der Waals surface area contributed by atoms with Crippen LogP contribution in [0.4, 0.5) is 0 Å². The van der Waals surface area contributed by atoms with Crippen molar-refractivity contribution in [2.24, 2.45) is 23.2 Å². The Labute approximate surface area is 245 Å². The molecule has 0 amide bonds. The zero-order chi connectivity index (χ0) is 29.6. The van der Waals surface area contributed by atoms with Crippen LogP contribution in [0.25, 0.3) is 0 Å². The maximum Gasteiger partial charge on any atom is 0.192 e. The van der Waals surface area contributed by atoms with E-state index in [1.54, 1.807) is 5.57 Å². The van der Waals surface area contributed by atoms with E-state index in [1.165, 1.54) is 49.7 Å². The first kappa shape index (κ1) is 33.1. The fourth-order valence-electron chi connectivity index (χ4n) is 7.19. The van der Waals surface area contributed by atoms with Crippen molar-refractivity contribution in [2.45, 2.75) is 162 Å². The molecule has 4 heteroatoms. The van der Waals surface area contributed by atoms with E-state index >= 15 is 0 Å². The Morgan fingerprint density at radius 2 is 1.44 bits per heavy atom. The van der Waals surface area contributed by atoms with Gasteiger partial charge in [0.25, 0.3) is 0 Å². The van der Waals surface area contributed by atoms with Crippen LogP contribution in [-0.2, 0) is 8.85 Å². The lowest BCUT2D eigenvalue weighted by Gasteiger charge is -2.46. The molecule has 224 valence electrons. The Hall–Kier alpha value is -0.426. The third kappa shape index (κ3) is 6.97. The molecule has 0 saturated heterocycles. The number of hydrogen-bond donors (Lipinski definition) is 0. The van der Waals surface area contributed by atoms with E-state index in [1.807, 2.05) is 0 Å². The summed E-state index contributed by atoms with van der Waals surface area (Å²) in [7, 11) is -3.88. The van der Waals surface area contributed by atoms with Gasteiger partial charge in [-0.1, -0.05) is 98.6 Å². The van der Waals surface area contributed by atoms with E-state index in [0.717, 1.165) is 30.6 Å². The monoisotopic (exact) mass is 572 g/mol. The van der Waals surface area contributed by atoms with Gasteiger partial charge in [-0.15, -0.1) is 0 Å². The maximum absolute atomic E-state index is 7.06. The highest BCUT2D eigenvalue weighted by atomic mass is 28.4. The quantitative estimate of drug-likeness (QED) is 0.223. The first-order valence-electron chi connectivity index (χ1n) is 16.2. The van der Waals surface area contributed by atoms with Crippen molar-refractivity contribution in [1.29, 1.82) is 0 Å². The fraction of sp³-hybridized carbons (Fsp3) is 0.829. The number of fused-ring (bicyclic) bond motifs is 1. The van der Waals surface area contributed by atoms with Crippen LogP contribution in [0, 0.1) is 23.2 Å². The molecule has 3 rings (SSSR count). The molecule has 0 radical (unpaired) electrons. The Balaban J connectivity index is 1.92. The van der Waals surface area contributed by atoms with Gasteiger partial charge in [0.05, 0.1) is 12.2 Å². The van der Waals surface area contributed by atoms with Gasteiger partial charge in [-0.3, -0.25) is 0 Å². The van der Waals surface area contributed by atoms with E-state index in [2.05, 4.69) is 107 Å². The van der Waals surface area contributed by atoms with E-state index in [9.17, 15) is 0 Å². The van der Waals surface area contributed by atoms with Gasteiger partial charge in [0.2, 0.25) is 0 Å². The lowest BCUT2D eigenvalue weighted by Crippen LogP contribution is -2.49. The predicted octanol–water partition coefficient (Wildman–Crippen LogP) is 11.2. The maximum atomic E-state index is 7.06. The zero-order valence-electron chi connectivity index (χ0n) is 28.2. The molecule has 6 atom stereocenters. The van der Waals surface area contributed by atoms with Crippen molar-refractivity contribution in [2.75, 3.05) is 0 Å². The summed E-state index contributed by atoms with van der Waals surface area (Å²) < 4.78 is 14.1. The summed E-state index contributed by atoms with van der Waals surface area (Å²) in [6.07, 6.45) is 15.2. The molecule has 2 nitrogen and oxygen atoms in total. The second kappa shape index (κ2) is 11.7. The van der Waals surface area contributed by atoms with Crippen LogP contribution in [0.5, 0.6) is 0 Å². The predicted molar refractivity (Wildman–Crippen MR) is 176 cm³/mol. The third-order valence-corrected chi connectivity index (χ3v) is 21.1. The molecule has 0 bridgehead atoms. The van der Waals surface area contributed by atoms with Gasteiger partial charge in [-0.2, -0.15) is 0 Å². The molecule has 0 spiro atoms. The molecule has 2 unspecified atom stereocenters. The topological polar surface area (TPSA) is 18.5 Å². The van der Waals surface area contributed by atoms with E-state index < -0.39 is 16.6 Å². The Bertz CT molecular complexity index is 903. The molecule has 0 aliphatic heterocycles. The Kier molecular flexibility index (Phi) is 9.91. The molecule has 0 N–H and O–H groups in total. The lowest BCUT2D eigenvalue weighted by atomic mass is 9.61. The van der Waals surface area contributed by atoms with Gasteiger partial charge in [0.15, 0.2) is 16.6 Å². The summed E-state index contributed by atoms with van der Waals surface area (Å²) in [5.41, 5.74) is 4.87. The highest BCUT2D eigenvalue weighted by Gasteiger charge is 2.50. The van der Waals surface area contributed by atoms with Gasteiger partial charge in [0, 0.05) is 0 Å². The first-order chi connectivity index (χ1) is 17.7. The zero-order valence-corrected chi connectivity index (χ0v) is 30.2. The molecule has 3 aliphatic rings. The van der Waals surface area contributed by atoms with Crippen molar-refractivity contribution in [3.8, 4) is 0 Å². The van der Waals surface area contributed by atoms with Crippen molar-refractivity contribution in [3.63, 3.8) is 0 Å². The first-order valence-corrected chi connectivity index (χ1v) is 22.0. The lowest BCUT2D eigenvalue weighted by molar-refractivity contribution is 0.0961. The molecule has 3 fully saturated rings. The fourth-order valence-corrected chi connectivity index (χ4v) is 9.79. The van der Waals surface area contributed by atoms with Crippen LogP contribution in [0.15, 0.2) is 35.5 Å². The SMILES string of the molecule is C=C1[C@@H](O[Si](C)(C)C(C)(C)C)CC(=C/C=C2\CCC[C@@]3(C)C2CCC3[C@@H](C)CC)C[C@H]1O[Si](C)(C)C(C)(C)C. The summed E-state index contributed by atoms with van der Waals surface area (Å²) >= 11 is 0. The minimum absolute atomic E-state index is 0.0527. The van der Waals surface area contributed by atoms with Gasteiger partial charge in [0.1, 0.15) is 0 Å². The molecule has 3 aliphatic carbocycles. The molecule has 0 aromatic carbocycles. The average Bonchev–Trinajstić information content (AvgIpc) is 3.15. The third-order valence-electron chi connectivity index (χ3n) is 12.1. The van der Waals surface area contributed by atoms with Crippen molar-refractivity contribution >= 4 is 16.6 Å². The molecule has 0 aromatic rings. The second-order valence-electron chi connectivity index (χ2n) is 16.8. The summed E-state index contributed by atoms with van der Waals surface area (Å²) in [6, 6.07) is 0. The second-order valence-corrected chi connectivity index (χ2v) is 26.3. The molecule has 0 aromatic heterocycles. The van der Waals surface area contributed by atoms with Gasteiger partial charge >= 0.3 is 0 Å². The van der Waals surface area contributed by atoms with Gasteiger partial charge in [-0.05, 0) is 110 Å². The van der Waals surface area contributed by atoms with Crippen LogP contribution in [0.2, 0.25) is 36.3 Å². The Morgan fingerprint density at radius 3 is 1.90 bits per heavy atom. The van der Waals surface area contributed by atoms with Crippen LogP contribution in [0.1, 0.15) is 114 Å². The van der Waals surface area contributed by atoms with Crippen molar-refractivity contribution in [3.05, 3.63) is 35.5 Å². The van der Waals surface area contributed by atoms with E-state index in [4.69, 9.17) is 8.85 Å². The van der Waals surface area contributed by atoms with E-state index in [-0.39, 0.29) is 22.3 Å². The van der Waals surface area contributed by atoms with Crippen molar-refractivity contribution in [1.82, 2.24) is 0 Å². The number of hydrogen-bond acceptors (Lipinski definition) is 2. The minimum atomic E-state index is -1.94. The molecule has 0 heterocycles. The average molecular weight is 573 g/mol. The largest absolute Gasteiger partial charge is 0.410 e. The minimum Gasteiger partial charge on any atom is -0.410 e. The Morgan fingerprint density at radius 1 is 0.923 bits per heavy atom. The number of allylic oxidation sites excluding steroid dienone is 3.